The van der Waals surface area contributed by atoms with Gasteiger partial charge in [-0.2, -0.15) is 0 Å². The van der Waals surface area contributed by atoms with Crippen LogP contribution in [0.1, 0.15) is 10.4 Å². The second-order valence-corrected chi connectivity index (χ2v) is 2.83. The van der Waals surface area contributed by atoms with Crippen molar-refractivity contribution in [3.63, 3.8) is 0 Å². The van der Waals surface area contributed by atoms with Crippen LogP contribution in [0, 0.1) is 0 Å². The van der Waals surface area contributed by atoms with Gasteiger partial charge < -0.3 is 19.9 Å². The summed E-state index contributed by atoms with van der Waals surface area (Å²) in [6.07, 6.45) is 0.384. The largest absolute Gasteiger partial charge is 0.503 e. The van der Waals surface area contributed by atoms with E-state index in [9.17, 15) is 14.7 Å². The number of ether oxygens (including phenoxy) is 2. The van der Waals surface area contributed by atoms with Crippen molar-refractivity contribution in [2.75, 3.05) is 19.5 Å². The van der Waals surface area contributed by atoms with Gasteiger partial charge in [-0.3, -0.25) is 4.79 Å². The van der Waals surface area contributed by atoms with E-state index in [1.165, 1.54) is 26.4 Å². The molecule has 2 N–H and O–H groups in total. The first-order chi connectivity index (χ1) is 7.63. The zero-order chi connectivity index (χ0) is 12.1. The number of hydrogen-bond donors (Lipinski definition) is 2. The molecule has 1 aromatic rings. The molecule has 1 rings (SSSR count). The van der Waals surface area contributed by atoms with Crippen LogP contribution in [0.5, 0.6) is 11.5 Å². The Kier molecular flexibility index (Phi) is 3.71. The van der Waals surface area contributed by atoms with E-state index >= 15 is 0 Å². The van der Waals surface area contributed by atoms with E-state index in [-0.39, 0.29) is 22.7 Å². The van der Waals surface area contributed by atoms with Crippen molar-refractivity contribution in [2.24, 2.45) is 0 Å². The van der Waals surface area contributed by atoms with Crippen molar-refractivity contribution in [3.8, 4) is 11.5 Å². The minimum atomic E-state index is -0.591. The summed E-state index contributed by atoms with van der Waals surface area (Å²) in [5.74, 6) is -0.762. The molecule has 86 valence electrons. The summed E-state index contributed by atoms with van der Waals surface area (Å²) >= 11 is 0. The lowest BCUT2D eigenvalue weighted by Crippen LogP contribution is -2.04. The molecule has 1 amide bonds. The average Bonchev–Trinajstić information content (AvgIpc) is 2.31. The van der Waals surface area contributed by atoms with Gasteiger partial charge in [0.2, 0.25) is 6.41 Å². The lowest BCUT2D eigenvalue weighted by atomic mass is 10.1. The van der Waals surface area contributed by atoms with Gasteiger partial charge in [-0.15, -0.1) is 0 Å². The number of phenols is 1. The highest BCUT2D eigenvalue weighted by Crippen LogP contribution is 2.35. The number of amides is 1. The molecule has 0 atom stereocenters. The standard InChI is InChI=1S/C10H11NO5/c1-15-8-4-6(10(14)16-2)3-7(9(8)13)11-5-12/h3-5,13H,1-2H3,(H,11,12). The molecule has 0 bridgehead atoms. The number of carbonyl (C=O) groups excluding carboxylic acids is 2. The number of hydrogen-bond acceptors (Lipinski definition) is 5. The second kappa shape index (κ2) is 5.01. The summed E-state index contributed by atoms with van der Waals surface area (Å²) in [7, 11) is 2.56. The smallest absolute Gasteiger partial charge is 0.338 e. The molecule has 0 saturated carbocycles. The Hall–Kier alpha value is -2.24. The van der Waals surface area contributed by atoms with Crippen LogP contribution in [0.25, 0.3) is 0 Å². The number of phenolic OH excluding ortho intramolecular Hbond substituents is 1. The van der Waals surface area contributed by atoms with Gasteiger partial charge in [0, 0.05) is 0 Å². The summed E-state index contributed by atoms with van der Waals surface area (Å²) in [6.45, 7) is 0. The maximum absolute atomic E-state index is 11.3. The van der Waals surface area contributed by atoms with E-state index < -0.39 is 5.97 Å². The molecule has 0 aliphatic carbocycles. The first kappa shape index (κ1) is 11.8. The molecule has 0 fully saturated rings. The van der Waals surface area contributed by atoms with Crippen molar-refractivity contribution in [3.05, 3.63) is 17.7 Å². The third-order valence-corrected chi connectivity index (χ3v) is 1.93. The van der Waals surface area contributed by atoms with Crippen LogP contribution in [0.3, 0.4) is 0 Å². The van der Waals surface area contributed by atoms with Crippen LogP contribution in [0.2, 0.25) is 0 Å². The third-order valence-electron chi connectivity index (χ3n) is 1.93. The Balaban J connectivity index is 3.27. The second-order valence-electron chi connectivity index (χ2n) is 2.83. The molecular weight excluding hydrogens is 214 g/mol. The van der Waals surface area contributed by atoms with Gasteiger partial charge in [-0.05, 0) is 12.1 Å². The molecule has 6 nitrogen and oxygen atoms in total. The van der Waals surface area contributed by atoms with Gasteiger partial charge in [-0.25, -0.2) is 4.79 Å². The van der Waals surface area contributed by atoms with Crippen molar-refractivity contribution >= 4 is 18.1 Å². The highest BCUT2D eigenvalue weighted by Gasteiger charge is 2.14. The number of carbonyl (C=O) groups is 2. The maximum Gasteiger partial charge on any atom is 0.338 e. The third kappa shape index (κ3) is 2.22. The quantitative estimate of drug-likeness (QED) is 0.449. The van der Waals surface area contributed by atoms with Crippen LogP contribution >= 0.6 is 0 Å². The molecule has 0 aliphatic rings. The number of esters is 1. The molecule has 6 heteroatoms. The zero-order valence-corrected chi connectivity index (χ0v) is 8.81. The molecule has 0 aromatic heterocycles. The van der Waals surface area contributed by atoms with E-state index in [0.29, 0.717) is 6.41 Å². The number of benzene rings is 1. The molecule has 0 saturated heterocycles. The van der Waals surface area contributed by atoms with Gasteiger partial charge >= 0.3 is 5.97 Å². The summed E-state index contributed by atoms with van der Waals surface area (Å²) in [4.78, 5) is 21.6. The topological polar surface area (TPSA) is 84.9 Å². The molecule has 0 spiro atoms. The highest BCUT2D eigenvalue weighted by molar-refractivity contribution is 5.93. The van der Waals surface area contributed by atoms with Crippen LogP contribution in [-0.4, -0.2) is 31.7 Å². The number of anilines is 1. The Morgan fingerprint density at radius 2 is 2.12 bits per heavy atom. The summed E-state index contributed by atoms with van der Waals surface area (Å²) in [5, 5.41) is 11.9. The normalized spacial score (nSPS) is 9.38. The highest BCUT2D eigenvalue weighted by atomic mass is 16.5. The Morgan fingerprint density at radius 3 is 2.62 bits per heavy atom. The summed E-state index contributed by atoms with van der Waals surface area (Å²) < 4.78 is 9.37. The van der Waals surface area contributed by atoms with Crippen LogP contribution in [-0.2, 0) is 9.53 Å². The van der Waals surface area contributed by atoms with E-state index in [4.69, 9.17) is 4.74 Å². The average molecular weight is 225 g/mol. The summed E-state index contributed by atoms with van der Waals surface area (Å²) in [5.41, 5.74) is 0.247. The van der Waals surface area contributed by atoms with Crippen molar-refractivity contribution in [2.45, 2.75) is 0 Å². The van der Waals surface area contributed by atoms with E-state index in [1.807, 2.05) is 0 Å². The number of methoxy groups -OCH3 is 2. The van der Waals surface area contributed by atoms with E-state index in [0.717, 1.165) is 0 Å². The van der Waals surface area contributed by atoms with Crippen LogP contribution in [0.15, 0.2) is 12.1 Å². The Labute approximate surface area is 91.8 Å². The fraction of sp³-hybridized carbons (Fsp3) is 0.200. The predicted octanol–water partition coefficient (Wildman–Crippen LogP) is 0.756. The molecule has 16 heavy (non-hydrogen) atoms. The van der Waals surface area contributed by atoms with Gasteiger partial charge in [-0.1, -0.05) is 0 Å². The van der Waals surface area contributed by atoms with E-state index in [1.54, 1.807) is 0 Å². The summed E-state index contributed by atoms with van der Waals surface area (Å²) in [6, 6.07) is 2.61. The first-order valence-corrected chi connectivity index (χ1v) is 4.33. The molecule has 1 aromatic carbocycles. The van der Waals surface area contributed by atoms with Crippen molar-refractivity contribution in [1.82, 2.24) is 0 Å². The maximum atomic E-state index is 11.3. The lowest BCUT2D eigenvalue weighted by molar-refractivity contribution is -0.105. The van der Waals surface area contributed by atoms with Gasteiger partial charge in [0.1, 0.15) is 0 Å². The number of nitrogens with one attached hydrogen (secondary N) is 1. The molecule has 0 aliphatic heterocycles. The molecule has 0 unspecified atom stereocenters. The first-order valence-electron chi connectivity index (χ1n) is 4.33. The number of rotatable bonds is 4. The minimum absolute atomic E-state index is 0.0762. The van der Waals surface area contributed by atoms with Crippen molar-refractivity contribution in [1.29, 1.82) is 0 Å². The number of aromatic hydroxyl groups is 1. The SMILES string of the molecule is COC(=O)c1cc(NC=O)c(O)c(OC)c1. The van der Waals surface area contributed by atoms with Gasteiger partial charge in [0.15, 0.2) is 11.5 Å². The van der Waals surface area contributed by atoms with Crippen LogP contribution < -0.4 is 10.1 Å². The van der Waals surface area contributed by atoms with Gasteiger partial charge in [0.05, 0.1) is 25.5 Å². The monoisotopic (exact) mass is 225 g/mol. The zero-order valence-electron chi connectivity index (χ0n) is 8.81. The van der Waals surface area contributed by atoms with Gasteiger partial charge in [0.25, 0.3) is 0 Å². The van der Waals surface area contributed by atoms with Crippen LogP contribution in [0.4, 0.5) is 5.69 Å². The molecule has 0 radical (unpaired) electrons. The fourth-order valence-electron chi connectivity index (χ4n) is 1.17. The van der Waals surface area contributed by atoms with E-state index in [2.05, 4.69) is 10.1 Å². The fourth-order valence-corrected chi connectivity index (χ4v) is 1.17. The Morgan fingerprint density at radius 1 is 1.44 bits per heavy atom. The molecular formula is C10H11NO5. The predicted molar refractivity (Wildman–Crippen MR) is 55.7 cm³/mol. The minimum Gasteiger partial charge on any atom is -0.503 e. The van der Waals surface area contributed by atoms with Crippen molar-refractivity contribution < 1.29 is 24.2 Å². The molecule has 0 heterocycles. The lowest BCUT2D eigenvalue weighted by Gasteiger charge is -2.10. The Bertz CT molecular complexity index is 416.